The van der Waals surface area contributed by atoms with Gasteiger partial charge in [0.15, 0.2) is 0 Å². The van der Waals surface area contributed by atoms with Crippen LogP contribution in [0.25, 0.3) is 0 Å². The zero-order valence-corrected chi connectivity index (χ0v) is 27.1. The fourth-order valence-electron chi connectivity index (χ4n) is 5.80. The highest BCUT2D eigenvalue weighted by molar-refractivity contribution is 5.84. The number of hydrogen-bond donors (Lipinski definition) is 1. The molecular weight excluding hydrogens is 512 g/mol. The molecule has 1 heterocycles. The molecule has 1 N–H and O–H groups in total. The summed E-state index contributed by atoms with van der Waals surface area (Å²) in [4.78, 5) is 29.8. The Morgan fingerprint density at radius 1 is 0.707 bits per heavy atom. The maximum Gasteiger partial charge on any atom is 0.305 e. The van der Waals surface area contributed by atoms with E-state index in [9.17, 15) is 9.59 Å². The number of carbonyl (C=O) groups is 2. The second-order valence-corrected chi connectivity index (χ2v) is 12.4. The number of ether oxygens (including phenoxy) is 1. The van der Waals surface area contributed by atoms with Crippen molar-refractivity contribution in [3.8, 4) is 0 Å². The Labute approximate surface area is 253 Å². The third kappa shape index (κ3) is 22.7. The van der Waals surface area contributed by atoms with E-state index >= 15 is 0 Å². The summed E-state index contributed by atoms with van der Waals surface area (Å²) in [5.74, 6) is 0.673. The molecule has 1 unspecified atom stereocenters. The number of rotatable bonds is 30. The van der Waals surface area contributed by atoms with Gasteiger partial charge in [-0.3, -0.25) is 14.6 Å². The van der Waals surface area contributed by atoms with Crippen LogP contribution in [0, 0.1) is 0 Å². The molecular formula is C35H66N2O4. The number of aliphatic carboxylic acids is 1. The van der Waals surface area contributed by atoms with Crippen molar-refractivity contribution in [2.45, 2.75) is 187 Å². The lowest BCUT2D eigenvalue weighted by atomic mass is 10.1. The number of esters is 1. The Hall–Kier alpha value is -1.59. The molecule has 0 radical (unpaired) electrons. The number of amidine groups is 1. The highest BCUT2D eigenvalue weighted by Gasteiger charge is 2.22. The van der Waals surface area contributed by atoms with Crippen LogP contribution in [0.15, 0.2) is 4.99 Å². The van der Waals surface area contributed by atoms with Crippen LogP contribution in [0.5, 0.6) is 0 Å². The standard InChI is InChI=1S/C35H66N2O4/c1-3-4-5-6-20-25-30-41-35(40)28-23-18-14-8-7-11-15-19-24-29-37-32(2)31-36-33(37)26-21-16-12-9-10-13-17-22-27-34(38)39/h32H,3-31H2,1-2H3,(H,38,39). The number of carboxylic acids is 1. The summed E-state index contributed by atoms with van der Waals surface area (Å²) in [6.45, 7) is 7.27. The second kappa shape index (κ2) is 27.3. The zero-order chi connectivity index (χ0) is 29.8. The van der Waals surface area contributed by atoms with E-state index < -0.39 is 5.97 Å². The Kier molecular flexibility index (Phi) is 24.9. The van der Waals surface area contributed by atoms with Gasteiger partial charge in [-0.2, -0.15) is 0 Å². The van der Waals surface area contributed by atoms with Crippen LogP contribution in [-0.2, 0) is 14.3 Å². The molecule has 240 valence electrons. The third-order valence-electron chi connectivity index (χ3n) is 8.48. The van der Waals surface area contributed by atoms with E-state index in [1.54, 1.807) is 0 Å². The van der Waals surface area contributed by atoms with E-state index in [4.69, 9.17) is 14.8 Å². The summed E-state index contributed by atoms with van der Waals surface area (Å²) in [6.07, 6.45) is 30.0. The summed E-state index contributed by atoms with van der Waals surface area (Å²) in [7, 11) is 0. The number of nitrogens with zero attached hydrogens (tertiary/aromatic N) is 2. The van der Waals surface area contributed by atoms with Crippen molar-refractivity contribution in [1.82, 2.24) is 4.90 Å². The Balaban J connectivity index is 1.89. The molecule has 0 amide bonds. The van der Waals surface area contributed by atoms with Gasteiger partial charge in [0.2, 0.25) is 0 Å². The van der Waals surface area contributed by atoms with Crippen molar-refractivity contribution in [3.05, 3.63) is 0 Å². The highest BCUT2D eigenvalue weighted by atomic mass is 16.5. The van der Waals surface area contributed by atoms with E-state index in [2.05, 4.69) is 18.7 Å². The molecule has 0 bridgehead atoms. The molecule has 0 saturated heterocycles. The molecule has 0 spiro atoms. The summed E-state index contributed by atoms with van der Waals surface area (Å²) < 4.78 is 5.37. The van der Waals surface area contributed by atoms with E-state index in [1.165, 1.54) is 121 Å². The normalized spacial score (nSPS) is 14.9. The fourth-order valence-corrected chi connectivity index (χ4v) is 5.80. The highest BCUT2D eigenvalue weighted by Crippen LogP contribution is 2.18. The van der Waals surface area contributed by atoms with Crippen molar-refractivity contribution in [2.24, 2.45) is 4.99 Å². The van der Waals surface area contributed by atoms with Gasteiger partial charge in [0.05, 0.1) is 19.0 Å². The number of unbranched alkanes of at least 4 members (excludes halogenated alkanes) is 20. The van der Waals surface area contributed by atoms with Gasteiger partial charge in [-0.25, -0.2) is 0 Å². The minimum Gasteiger partial charge on any atom is -0.481 e. The van der Waals surface area contributed by atoms with Crippen molar-refractivity contribution in [2.75, 3.05) is 19.7 Å². The number of aliphatic imine (C=N–C) groups is 1. The van der Waals surface area contributed by atoms with Crippen molar-refractivity contribution < 1.29 is 19.4 Å². The van der Waals surface area contributed by atoms with Crippen LogP contribution in [0.2, 0.25) is 0 Å². The predicted molar refractivity (Wildman–Crippen MR) is 173 cm³/mol. The van der Waals surface area contributed by atoms with Gasteiger partial charge in [-0.1, -0.05) is 122 Å². The molecule has 41 heavy (non-hydrogen) atoms. The Morgan fingerprint density at radius 3 is 1.78 bits per heavy atom. The lowest BCUT2D eigenvalue weighted by Gasteiger charge is -2.25. The molecule has 1 aliphatic rings. The van der Waals surface area contributed by atoms with Crippen LogP contribution in [0.1, 0.15) is 181 Å². The Morgan fingerprint density at radius 2 is 1.20 bits per heavy atom. The number of carbonyl (C=O) groups excluding carboxylic acids is 1. The monoisotopic (exact) mass is 579 g/mol. The lowest BCUT2D eigenvalue weighted by molar-refractivity contribution is -0.144. The summed E-state index contributed by atoms with van der Waals surface area (Å²) in [5.41, 5.74) is 0. The molecule has 1 aliphatic heterocycles. The molecule has 0 fully saturated rings. The molecule has 0 aromatic carbocycles. The quantitative estimate of drug-likeness (QED) is 0.0678. The van der Waals surface area contributed by atoms with E-state index in [1.807, 2.05) is 0 Å². The maximum atomic E-state index is 11.8. The minimum absolute atomic E-state index is 0.00243. The van der Waals surface area contributed by atoms with Crippen LogP contribution >= 0.6 is 0 Å². The fraction of sp³-hybridized carbons (Fsp3) is 0.914. The van der Waals surface area contributed by atoms with Gasteiger partial charge >= 0.3 is 11.9 Å². The minimum atomic E-state index is -0.670. The molecule has 1 rings (SSSR count). The molecule has 6 heteroatoms. The van der Waals surface area contributed by atoms with Crippen molar-refractivity contribution in [3.63, 3.8) is 0 Å². The van der Waals surface area contributed by atoms with Gasteiger partial charge < -0.3 is 14.7 Å². The van der Waals surface area contributed by atoms with Crippen LogP contribution in [0.3, 0.4) is 0 Å². The average Bonchev–Trinajstić information content (AvgIpc) is 3.30. The van der Waals surface area contributed by atoms with E-state index in [0.717, 1.165) is 51.6 Å². The smallest absolute Gasteiger partial charge is 0.305 e. The largest absolute Gasteiger partial charge is 0.481 e. The topological polar surface area (TPSA) is 79.2 Å². The summed E-state index contributed by atoms with van der Waals surface area (Å²) in [6, 6.07) is 0.559. The molecule has 0 aromatic heterocycles. The predicted octanol–water partition coefficient (Wildman–Crippen LogP) is 9.88. The van der Waals surface area contributed by atoms with Crippen LogP contribution in [0.4, 0.5) is 0 Å². The van der Waals surface area contributed by atoms with Gasteiger partial charge in [-0.15, -0.1) is 0 Å². The Bertz CT molecular complexity index is 667. The molecule has 1 atom stereocenters. The van der Waals surface area contributed by atoms with E-state index in [0.29, 0.717) is 25.5 Å². The van der Waals surface area contributed by atoms with Crippen LogP contribution < -0.4 is 0 Å². The van der Waals surface area contributed by atoms with Crippen molar-refractivity contribution >= 4 is 17.8 Å². The van der Waals surface area contributed by atoms with E-state index in [-0.39, 0.29) is 5.97 Å². The summed E-state index contributed by atoms with van der Waals surface area (Å²) in [5, 5.41) is 8.69. The van der Waals surface area contributed by atoms with Gasteiger partial charge in [0, 0.05) is 31.8 Å². The second-order valence-electron chi connectivity index (χ2n) is 12.4. The summed E-state index contributed by atoms with van der Waals surface area (Å²) >= 11 is 0. The molecule has 6 nitrogen and oxygen atoms in total. The SMILES string of the molecule is CCCCCCCCOC(=O)CCCCCCCCCCCN1C(CCCCCCCCCCC(=O)O)=NCC1C. The molecule has 0 aliphatic carbocycles. The first-order valence-corrected chi connectivity index (χ1v) is 17.7. The molecule has 0 saturated carbocycles. The first-order valence-electron chi connectivity index (χ1n) is 17.7. The number of carboxylic acid groups (broad SMARTS) is 1. The van der Waals surface area contributed by atoms with Gasteiger partial charge in [0.25, 0.3) is 0 Å². The average molecular weight is 579 g/mol. The third-order valence-corrected chi connectivity index (χ3v) is 8.48. The first-order chi connectivity index (χ1) is 20.0. The van der Waals surface area contributed by atoms with Crippen molar-refractivity contribution in [1.29, 1.82) is 0 Å². The molecule has 0 aromatic rings. The number of hydrogen-bond acceptors (Lipinski definition) is 5. The zero-order valence-electron chi connectivity index (χ0n) is 27.1. The van der Waals surface area contributed by atoms with Crippen LogP contribution in [-0.4, -0.2) is 53.5 Å². The van der Waals surface area contributed by atoms with Gasteiger partial charge in [-0.05, 0) is 39.0 Å². The maximum absolute atomic E-state index is 11.8. The lowest BCUT2D eigenvalue weighted by Crippen LogP contribution is -2.35. The first kappa shape index (κ1) is 37.4. The van der Waals surface area contributed by atoms with Gasteiger partial charge in [0.1, 0.15) is 0 Å².